The SMILES string of the molecule is Cc1ccccc1C(=O)P(=O)(O)OC(=O)c1c(C)cccc1-c1ccccc1. The van der Waals surface area contributed by atoms with Crippen LogP contribution in [-0.2, 0) is 9.09 Å². The first-order valence-corrected chi connectivity index (χ1v) is 10.2. The van der Waals surface area contributed by atoms with Crippen molar-refractivity contribution in [3.05, 3.63) is 95.1 Å². The van der Waals surface area contributed by atoms with Crippen molar-refractivity contribution in [3.63, 3.8) is 0 Å². The summed E-state index contributed by atoms with van der Waals surface area (Å²) < 4.78 is 17.4. The lowest BCUT2D eigenvalue weighted by Crippen LogP contribution is -2.12. The Morgan fingerprint density at radius 1 is 0.821 bits per heavy atom. The smallest absolute Gasteiger partial charge is 0.383 e. The van der Waals surface area contributed by atoms with Gasteiger partial charge in [-0.3, -0.25) is 4.79 Å². The van der Waals surface area contributed by atoms with Crippen LogP contribution in [-0.4, -0.2) is 16.4 Å². The van der Waals surface area contributed by atoms with Crippen LogP contribution in [0.2, 0.25) is 0 Å². The number of aryl methyl sites for hydroxylation is 2. The first-order chi connectivity index (χ1) is 13.3. The summed E-state index contributed by atoms with van der Waals surface area (Å²) in [5.74, 6) is -1.01. The standard InChI is InChI=1S/C22H19O5P/c1-15-9-6-7-13-18(15)22(24)28(25,26)27-21(23)20-16(2)10-8-14-19(20)17-11-4-3-5-12-17/h3-14H,1-2H3,(H,25,26). The zero-order valence-corrected chi connectivity index (χ0v) is 16.4. The van der Waals surface area contributed by atoms with Crippen molar-refractivity contribution in [1.82, 2.24) is 0 Å². The molecule has 0 saturated carbocycles. The Labute approximate surface area is 163 Å². The van der Waals surface area contributed by atoms with Gasteiger partial charge in [0.2, 0.25) is 0 Å². The molecule has 0 aromatic heterocycles. The van der Waals surface area contributed by atoms with Gasteiger partial charge in [-0.25, -0.2) is 9.36 Å². The highest BCUT2D eigenvalue weighted by Crippen LogP contribution is 2.47. The number of hydrogen-bond donors (Lipinski definition) is 1. The van der Waals surface area contributed by atoms with E-state index in [1.807, 2.05) is 30.3 Å². The van der Waals surface area contributed by atoms with Crippen molar-refractivity contribution >= 4 is 19.1 Å². The van der Waals surface area contributed by atoms with E-state index in [2.05, 4.69) is 0 Å². The summed E-state index contributed by atoms with van der Waals surface area (Å²) >= 11 is 0. The lowest BCUT2D eigenvalue weighted by atomic mass is 9.96. The second kappa shape index (κ2) is 7.93. The van der Waals surface area contributed by atoms with Crippen LogP contribution in [0.4, 0.5) is 0 Å². The molecule has 1 unspecified atom stereocenters. The van der Waals surface area contributed by atoms with Crippen LogP contribution in [0.3, 0.4) is 0 Å². The summed E-state index contributed by atoms with van der Waals surface area (Å²) in [4.78, 5) is 35.5. The molecule has 3 aromatic rings. The Bertz CT molecular complexity index is 1090. The molecule has 0 spiro atoms. The minimum atomic E-state index is -4.87. The highest BCUT2D eigenvalue weighted by atomic mass is 31.2. The molecule has 0 aliphatic carbocycles. The molecule has 1 atom stereocenters. The Morgan fingerprint density at radius 3 is 2.11 bits per heavy atom. The van der Waals surface area contributed by atoms with Crippen molar-refractivity contribution in [3.8, 4) is 11.1 Å². The molecule has 3 rings (SSSR count). The summed E-state index contributed by atoms with van der Waals surface area (Å²) in [5, 5.41) is 0. The van der Waals surface area contributed by atoms with Gasteiger partial charge in [-0.1, -0.05) is 72.8 Å². The Morgan fingerprint density at radius 2 is 1.43 bits per heavy atom. The van der Waals surface area contributed by atoms with Crippen molar-refractivity contribution in [2.24, 2.45) is 0 Å². The summed E-state index contributed by atoms with van der Waals surface area (Å²) in [7, 11) is -4.87. The molecule has 3 aromatic carbocycles. The van der Waals surface area contributed by atoms with Crippen molar-refractivity contribution in [2.45, 2.75) is 13.8 Å². The Hall–Kier alpha value is -3.01. The average molecular weight is 394 g/mol. The monoisotopic (exact) mass is 394 g/mol. The number of rotatable bonds is 5. The molecule has 0 saturated heterocycles. The first kappa shape index (κ1) is 19.7. The molecule has 0 fully saturated rings. The van der Waals surface area contributed by atoms with Crippen molar-refractivity contribution < 1.29 is 23.6 Å². The fraction of sp³-hybridized carbons (Fsp3) is 0.0909. The lowest BCUT2D eigenvalue weighted by molar-refractivity contribution is 0.0700. The van der Waals surface area contributed by atoms with Gasteiger partial charge in [-0.05, 0) is 36.1 Å². The van der Waals surface area contributed by atoms with E-state index in [9.17, 15) is 19.0 Å². The molecular formula is C22H19O5P. The fourth-order valence-corrected chi connectivity index (χ4v) is 3.92. The van der Waals surface area contributed by atoms with Gasteiger partial charge in [0.25, 0.3) is 5.52 Å². The van der Waals surface area contributed by atoms with E-state index in [1.54, 1.807) is 50.2 Å². The number of carbonyl (C=O) groups excluding carboxylic acids is 2. The summed E-state index contributed by atoms with van der Waals surface area (Å²) in [6.07, 6.45) is 0. The van der Waals surface area contributed by atoms with Gasteiger partial charge >= 0.3 is 13.6 Å². The van der Waals surface area contributed by atoms with E-state index in [1.165, 1.54) is 6.07 Å². The average Bonchev–Trinajstić information content (AvgIpc) is 2.68. The maximum absolute atomic E-state index is 12.8. The molecule has 28 heavy (non-hydrogen) atoms. The van der Waals surface area contributed by atoms with Crippen LogP contribution in [0.15, 0.2) is 72.8 Å². The molecule has 6 heteroatoms. The maximum Gasteiger partial charge on any atom is 0.451 e. The van der Waals surface area contributed by atoms with Gasteiger partial charge < -0.3 is 9.42 Å². The molecule has 0 radical (unpaired) electrons. The lowest BCUT2D eigenvalue weighted by Gasteiger charge is -2.15. The van der Waals surface area contributed by atoms with Crippen LogP contribution < -0.4 is 0 Å². The largest absolute Gasteiger partial charge is 0.451 e. The van der Waals surface area contributed by atoms with Crippen LogP contribution in [0, 0.1) is 13.8 Å². The van der Waals surface area contributed by atoms with E-state index in [0.717, 1.165) is 5.56 Å². The highest BCUT2D eigenvalue weighted by Gasteiger charge is 2.37. The quantitative estimate of drug-likeness (QED) is 0.605. The third-order valence-corrected chi connectivity index (χ3v) is 5.57. The minimum absolute atomic E-state index is 0.0502. The van der Waals surface area contributed by atoms with Gasteiger partial charge in [-0.15, -0.1) is 0 Å². The fourth-order valence-electron chi connectivity index (χ4n) is 2.96. The van der Waals surface area contributed by atoms with Crippen molar-refractivity contribution in [1.29, 1.82) is 0 Å². The zero-order valence-electron chi connectivity index (χ0n) is 15.5. The molecule has 5 nitrogen and oxygen atoms in total. The van der Waals surface area contributed by atoms with Gasteiger partial charge in [-0.2, -0.15) is 0 Å². The van der Waals surface area contributed by atoms with Gasteiger partial charge in [0.15, 0.2) is 0 Å². The molecule has 0 heterocycles. The van der Waals surface area contributed by atoms with Gasteiger partial charge in [0.1, 0.15) is 0 Å². The van der Waals surface area contributed by atoms with Gasteiger partial charge in [0.05, 0.1) is 5.56 Å². The molecule has 0 aliphatic rings. The van der Waals surface area contributed by atoms with Crippen LogP contribution >= 0.6 is 7.60 Å². The van der Waals surface area contributed by atoms with Crippen molar-refractivity contribution in [2.75, 3.05) is 0 Å². The predicted molar refractivity (Wildman–Crippen MR) is 107 cm³/mol. The topological polar surface area (TPSA) is 80.7 Å². The van der Waals surface area contributed by atoms with E-state index in [-0.39, 0.29) is 11.1 Å². The van der Waals surface area contributed by atoms with E-state index >= 15 is 0 Å². The normalized spacial score (nSPS) is 12.8. The van der Waals surface area contributed by atoms with Gasteiger partial charge in [0, 0.05) is 5.56 Å². The third kappa shape index (κ3) is 3.96. The number of hydrogen-bond acceptors (Lipinski definition) is 4. The first-order valence-electron chi connectivity index (χ1n) is 8.63. The highest BCUT2D eigenvalue weighted by molar-refractivity contribution is 7.72. The summed E-state index contributed by atoms with van der Waals surface area (Å²) in [5.41, 5.74) is 1.53. The van der Waals surface area contributed by atoms with E-state index < -0.39 is 19.1 Å². The molecule has 1 N–H and O–H groups in total. The predicted octanol–water partition coefficient (Wildman–Crippen LogP) is 5.15. The second-order valence-electron chi connectivity index (χ2n) is 6.38. The maximum atomic E-state index is 12.8. The third-order valence-electron chi connectivity index (χ3n) is 4.40. The summed E-state index contributed by atoms with van der Waals surface area (Å²) in [6, 6.07) is 20.7. The van der Waals surface area contributed by atoms with E-state index in [0.29, 0.717) is 16.7 Å². The Balaban J connectivity index is 1.97. The van der Waals surface area contributed by atoms with Crippen LogP contribution in [0.5, 0.6) is 0 Å². The molecule has 0 amide bonds. The zero-order chi connectivity index (χ0) is 20.3. The number of benzene rings is 3. The number of carbonyl (C=O) groups is 2. The summed E-state index contributed by atoms with van der Waals surface area (Å²) in [6.45, 7) is 3.35. The minimum Gasteiger partial charge on any atom is -0.383 e. The molecule has 142 valence electrons. The molecule has 0 aliphatic heterocycles. The van der Waals surface area contributed by atoms with Crippen LogP contribution in [0.1, 0.15) is 31.8 Å². The second-order valence-corrected chi connectivity index (χ2v) is 8.01. The molecular weight excluding hydrogens is 375 g/mol. The molecule has 0 bridgehead atoms. The Kier molecular flexibility index (Phi) is 5.59. The van der Waals surface area contributed by atoms with E-state index in [4.69, 9.17) is 4.52 Å². The van der Waals surface area contributed by atoms with Crippen LogP contribution in [0.25, 0.3) is 11.1 Å².